The van der Waals surface area contributed by atoms with Crippen molar-refractivity contribution in [1.82, 2.24) is 5.32 Å². The van der Waals surface area contributed by atoms with Crippen molar-refractivity contribution < 1.29 is 0 Å². The van der Waals surface area contributed by atoms with Crippen LogP contribution in [0.4, 0.5) is 0 Å². The van der Waals surface area contributed by atoms with Gasteiger partial charge in [0.2, 0.25) is 0 Å². The lowest BCUT2D eigenvalue weighted by Gasteiger charge is -1.97. The van der Waals surface area contributed by atoms with Gasteiger partial charge in [-0.05, 0) is 13.0 Å². The number of hydrogen-bond acceptors (Lipinski definition) is 1. The van der Waals surface area contributed by atoms with E-state index < -0.39 is 0 Å². The molecule has 0 radical (unpaired) electrons. The molecule has 0 saturated carbocycles. The fourth-order valence-electron chi connectivity index (χ4n) is 0.587. The van der Waals surface area contributed by atoms with Crippen LogP contribution in [0.25, 0.3) is 0 Å². The first-order valence-electron chi connectivity index (χ1n) is 3.56. The summed E-state index contributed by atoms with van der Waals surface area (Å²) in [6.07, 6.45) is 8.41. The Balaban J connectivity index is 2.69. The van der Waals surface area contributed by atoms with Gasteiger partial charge in [-0.15, -0.1) is 12.3 Å². The second-order valence-corrected chi connectivity index (χ2v) is 2.06. The summed E-state index contributed by atoms with van der Waals surface area (Å²) in [5.74, 6) is 2.58. The van der Waals surface area contributed by atoms with E-state index in [1.807, 2.05) is 0 Å². The summed E-state index contributed by atoms with van der Waals surface area (Å²) in [6.45, 7) is 4.26. The first-order valence-corrected chi connectivity index (χ1v) is 3.56. The molecule has 1 heteroatoms. The molecule has 0 unspecified atom stereocenters. The Bertz CT molecular complexity index is 81.1. The summed E-state index contributed by atoms with van der Waals surface area (Å²) in [7, 11) is 0. The molecule has 0 aromatic heterocycles. The maximum atomic E-state index is 5.05. The first kappa shape index (κ1) is 8.52. The van der Waals surface area contributed by atoms with Crippen molar-refractivity contribution >= 4 is 0 Å². The zero-order valence-corrected chi connectivity index (χ0v) is 6.11. The van der Waals surface area contributed by atoms with Crippen molar-refractivity contribution in [3.8, 4) is 12.3 Å². The van der Waals surface area contributed by atoms with Crippen LogP contribution in [0.5, 0.6) is 0 Å². The molecule has 0 saturated heterocycles. The van der Waals surface area contributed by atoms with E-state index in [2.05, 4.69) is 18.2 Å². The van der Waals surface area contributed by atoms with Crippen LogP contribution >= 0.6 is 0 Å². The lowest BCUT2D eigenvalue weighted by molar-refractivity contribution is 0.648. The molecular weight excluding hydrogens is 110 g/mol. The van der Waals surface area contributed by atoms with Gasteiger partial charge in [-0.1, -0.05) is 13.3 Å². The van der Waals surface area contributed by atoms with Crippen LogP contribution in [0, 0.1) is 12.3 Å². The summed E-state index contributed by atoms with van der Waals surface area (Å²) in [5.41, 5.74) is 0. The Morgan fingerprint density at radius 3 is 2.78 bits per heavy atom. The van der Waals surface area contributed by atoms with Gasteiger partial charge in [0.1, 0.15) is 0 Å². The van der Waals surface area contributed by atoms with Gasteiger partial charge in [0.05, 0.1) is 0 Å². The lowest BCUT2D eigenvalue weighted by atomic mass is 10.3. The average molecular weight is 125 g/mol. The molecule has 0 atom stereocenters. The molecule has 0 fully saturated rings. The second kappa shape index (κ2) is 7.52. The van der Waals surface area contributed by atoms with Gasteiger partial charge in [0.25, 0.3) is 0 Å². The van der Waals surface area contributed by atoms with Gasteiger partial charge in [0, 0.05) is 13.0 Å². The highest BCUT2D eigenvalue weighted by Gasteiger charge is 1.81. The van der Waals surface area contributed by atoms with E-state index in [4.69, 9.17) is 6.42 Å². The number of hydrogen-bond donors (Lipinski definition) is 1. The fraction of sp³-hybridized carbons (Fsp3) is 0.750. The fourth-order valence-corrected chi connectivity index (χ4v) is 0.587. The largest absolute Gasteiger partial charge is 0.316 e. The molecule has 9 heavy (non-hydrogen) atoms. The number of nitrogens with one attached hydrogen (secondary N) is 1. The van der Waals surface area contributed by atoms with Crippen LogP contribution in [0.1, 0.15) is 26.2 Å². The van der Waals surface area contributed by atoms with Crippen molar-refractivity contribution in [3.05, 3.63) is 0 Å². The number of terminal acetylenes is 1. The molecule has 0 heterocycles. The zero-order chi connectivity index (χ0) is 6.95. The van der Waals surface area contributed by atoms with E-state index in [1.165, 1.54) is 12.8 Å². The van der Waals surface area contributed by atoms with E-state index in [9.17, 15) is 0 Å². The molecule has 0 rings (SSSR count). The highest BCUT2D eigenvalue weighted by atomic mass is 14.8. The molecule has 1 nitrogen and oxygen atoms in total. The van der Waals surface area contributed by atoms with Crippen LogP contribution in [-0.2, 0) is 0 Å². The molecule has 52 valence electrons. The first-order chi connectivity index (χ1) is 4.41. The summed E-state index contributed by atoms with van der Waals surface area (Å²) in [6, 6.07) is 0. The van der Waals surface area contributed by atoms with Crippen LogP contribution < -0.4 is 5.32 Å². The Morgan fingerprint density at radius 2 is 2.22 bits per heavy atom. The normalized spacial score (nSPS) is 8.89. The minimum Gasteiger partial charge on any atom is -0.316 e. The third kappa shape index (κ3) is 7.52. The molecule has 1 N–H and O–H groups in total. The molecule has 0 aliphatic carbocycles. The van der Waals surface area contributed by atoms with Gasteiger partial charge in [0.15, 0.2) is 0 Å². The SMILES string of the molecule is C#CCCNCCCC. The van der Waals surface area contributed by atoms with Crippen molar-refractivity contribution in [2.75, 3.05) is 13.1 Å². The van der Waals surface area contributed by atoms with E-state index >= 15 is 0 Å². The molecular formula is C8H15N. The molecule has 0 aromatic carbocycles. The average Bonchev–Trinajstić information content (AvgIpc) is 1.89. The molecule has 0 spiro atoms. The summed E-state index contributed by atoms with van der Waals surface area (Å²) >= 11 is 0. The summed E-state index contributed by atoms with van der Waals surface area (Å²) < 4.78 is 0. The van der Waals surface area contributed by atoms with Gasteiger partial charge in [-0.2, -0.15) is 0 Å². The minimum absolute atomic E-state index is 0.851. The topological polar surface area (TPSA) is 12.0 Å². The van der Waals surface area contributed by atoms with Gasteiger partial charge < -0.3 is 5.32 Å². The maximum Gasteiger partial charge on any atom is 0.0211 e. The van der Waals surface area contributed by atoms with Crippen LogP contribution in [0.2, 0.25) is 0 Å². The Morgan fingerprint density at radius 1 is 1.44 bits per heavy atom. The third-order valence-electron chi connectivity index (χ3n) is 1.15. The van der Waals surface area contributed by atoms with Gasteiger partial charge >= 0.3 is 0 Å². The summed E-state index contributed by atoms with van der Waals surface area (Å²) in [4.78, 5) is 0. The summed E-state index contributed by atoms with van der Waals surface area (Å²) in [5, 5.41) is 3.24. The van der Waals surface area contributed by atoms with E-state index in [0.29, 0.717) is 0 Å². The molecule has 0 aliphatic rings. The number of rotatable bonds is 5. The van der Waals surface area contributed by atoms with Crippen molar-refractivity contribution in [2.45, 2.75) is 26.2 Å². The quantitative estimate of drug-likeness (QED) is 0.432. The molecule has 0 bridgehead atoms. The Hall–Kier alpha value is -0.480. The van der Waals surface area contributed by atoms with Crippen LogP contribution in [-0.4, -0.2) is 13.1 Å². The van der Waals surface area contributed by atoms with Gasteiger partial charge in [-0.25, -0.2) is 0 Å². The second-order valence-electron chi connectivity index (χ2n) is 2.06. The maximum absolute atomic E-state index is 5.05. The van der Waals surface area contributed by atoms with Crippen LogP contribution in [0.3, 0.4) is 0 Å². The number of unbranched alkanes of at least 4 members (excludes halogenated alkanes) is 1. The standard InChI is InChI=1S/C8H15N/c1-3-5-7-9-8-6-4-2/h1,9H,4-8H2,2H3. The van der Waals surface area contributed by atoms with Crippen molar-refractivity contribution in [1.29, 1.82) is 0 Å². The van der Waals surface area contributed by atoms with Gasteiger partial charge in [-0.3, -0.25) is 0 Å². The highest BCUT2D eigenvalue weighted by molar-refractivity contribution is 4.83. The molecule has 0 amide bonds. The Labute approximate surface area is 57.8 Å². The van der Waals surface area contributed by atoms with Crippen LogP contribution in [0.15, 0.2) is 0 Å². The van der Waals surface area contributed by atoms with E-state index in [0.717, 1.165) is 19.5 Å². The third-order valence-corrected chi connectivity index (χ3v) is 1.15. The molecule has 0 aliphatic heterocycles. The lowest BCUT2D eigenvalue weighted by Crippen LogP contribution is -2.15. The van der Waals surface area contributed by atoms with E-state index in [1.54, 1.807) is 0 Å². The Kier molecular flexibility index (Phi) is 7.12. The van der Waals surface area contributed by atoms with Crippen molar-refractivity contribution in [3.63, 3.8) is 0 Å². The zero-order valence-electron chi connectivity index (χ0n) is 6.11. The highest BCUT2D eigenvalue weighted by Crippen LogP contribution is 1.81. The predicted molar refractivity (Wildman–Crippen MR) is 41.2 cm³/mol. The monoisotopic (exact) mass is 125 g/mol. The minimum atomic E-state index is 0.851. The molecule has 0 aromatic rings. The predicted octanol–water partition coefficient (Wildman–Crippen LogP) is 1.40. The van der Waals surface area contributed by atoms with Crippen molar-refractivity contribution in [2.24, 2.45) is 0 Å². The smallest absolute Gasteiger partial charge is 0.0211 e. The van der Waals surface area contributed by atoms with E-state index in [-0.39, 0.29) is 0 Å².